The molecule has 2 saturated heterocycles. The van der Waals surface area contributed by atoms with Crippen molar-refractivity contribution in [3.8, 4) is 0 Å². The van der Waals surface area contributed by atoms with Crippen LogP contribution in [0.15, 0.2) is 48.7 Å². The summed E-state index contributed by atoms with van der Waals surface area (Å²) in [7, 11) is 1.83. The van der Waals surface area contributed by atoms with Gasteiger partial charge in [0.05, 0.1) is 5.92 Å². The summed E-state index contributed by atoms with van der Waals surface area (Å²) in [5.41, 5.74) is 5.48. The minimum absolute atomic E-state index is 0.0223. The fraction of sp³-hybridized carbons (Fsp3) is 0.485. The van der Waals surface area contributed by atoms with E-state index in [-0.39, 0.29) is 17.7 Å². The second kappa shape index (κ2) is 14.3. The molecule has 2 aromatic carbocycles. The van der Waals surface area contributed by atoms with Gasteiger partial charge in [-0.25, -0.2) is 0 Å². The van der Waals surface area contributed by atoms with E-state index in [2.05, 4.69) is 46.7 Å². The number of benzene rings is 2. The first-order chi connectivity index (χ1) is 19.4. The van der Waals surface area contributed by atoms with E-state index >= 15 is 0 Å². The summed E-state index contributed by atoms with van der Waals surface area (Å²) in [6.45, 7) is 8.34. The minimum atomic E-state index is 0.0223. The Morgan fingerprint density at radius 3 is 2.35 bits per heavy atom. The molecule has 3 N–H and O–H groups in total. The van der Waals surface area contributed by atoms with Crippen LogP contribution in [0, 0.1) is 18.3 Å². The number of rotatable bonds is 12. The topological polar surface area (TPSA) is 88.5 Å². The van der Waals surface area contributed by atoms with E-state index < -0.39 is 0 Å². The molecule has 2 aliphatic rings. The fourth-order valence-electron chi connectivity index (χ4n) is 5.72. The third kappa shape index (κ3) is 7.39. The molecule has 2 fully saturated rings. The minimum Gasteiger partial charge on any atom is -0.393 e. The van der Waals surface area contributed by atoms with Crippen molar-refractivity contribution in [2.45, 2.75) is 58.3 Å². The van der Waals surface area contributed by atoms with Crippen molar-refractivity contribution in [1.82, 2.24) is 15.1 Å². The number of aryl methyl sites for hydroxylation is 1. The van der Waals surface area contributed by atoms with E-state index in [0.717, 1.165) is 54.9 Å². The van der Waals surface area contributed by atoms with Gasteiger partial charge in [0.25, 0.3) is 5.91 Å². The number of carbonyl (C=O) groups excluding carboxylic acids is 2. The number of nitrogens with one attached hydrogen (secondary N) is 3. The molecule has 0 unspecified atom stereocenters. The van der Waals surface area contributed by atoms with Crippen LogP contribution in [0.4, 0.5) is 5.69 Å². The van der Waals surface area contributed by atoms with E-state index in [1.54, 1.807) is 0 Å². The number of hydrogen-bond acceptors (Lipinski definition) is 5. The first-order valence-electron chi connectivity index (χ1n) is 14.8. The molecule has 2 aromatic rings. The van der Waals surface area contributed by atoms with Crippen LogP contribution in [-0.4, -0.2) is 67.6 Å². The third-order valence-electron chi connectivity index (χ3n) is 8.35. The number of amides is 2. The molecule has 40 heavy (non-hydrogen) atoms. The van der Waals surface area contributed by atoms with Crippen LogP contribution in [0.1, 0.15) is 78.4 Å². The lowest BCUT2D eigenvalue weighted by atomic mass is 9.88. The summed E-state index contributed by atoms with van der Waals surface area (Å²) >= 11 is 0. The second-order valence-electron chi connectivity index (χ2n) is 11.3. The molecule has 0 bridgehead atoms. The summed E-state index contributed by atoms with van der Waals surface area (Å²) in [5.74, 6) is 0.517. The molecular formula is C33H45N5O2. The third-order valence-corrected chi connectivity index (χ3v) is 8.35. The second-order valence-corrected chi connectivity index (χ2v) is 11.3. The monoisotopic (exact) mass is 543 g/mol. The highest BCUT2D eigenvalue weighted by Gasteiger charge is 2.32. The van der Waals surface area contributed by atoms with Gasteiger partial charge in [-0.15, -0.1) is 0 Å². The van der Waals surface area contributed by atoms with E-state index in [9.17, 15) is 9.59 Å². The van der Waals surface area contributed by atoms with Gasteiger partial charge in [-0.2, -0.15) is 0 Å². The van der Waals surface area contributed by atoms with Crippen molar-refractivity contribution in [3.05, 3.63) is 70.9 Å². The predicted octanol–water partition coefficient (Wildman–Crippen LogP) is 5.68. The summed E-state index contributed by atoms with van der Waals surface area (Å²) in [5, 5.41) is 13.7. The molecule has 7 nitrogen and oxygen atoms in total. The highest BCUT2D eigenvalue weighted by molar-refractivity contribution is 6.08. The molecule has 2 amide bonds. The van der Waals surface area contributed by atoms with Gasteiger partial charge < -0.3 is 25.8 Å². The number of piperidine rings is 1. The van der Waals surface area contributed by atoms with Crippen LogP contribution < -0.4 is 10.6 Å². The number of likely N-dealkylation sites (tertiary alicyclic amines) is 2. The van der Waals surface area contributed by atoms with Crippen molar-refractivity contribution < 1.29 is 9.59 Å². The summed E-state index contributed by atoms with van der Waals surface area (Å²) < 4.78 is 0. The van der Waals surface area contributed by atoms with Crippen molar-refractivity contribution in [3.63, 3.8) is 0 Å². The zero-order valence-corrected chi connectivity index (χ0v) is 24.3. The Morgan fingerprint density at radius 2 is 1.70 bits per heavy atom. The predicted molar refractivity (Wildman–Crippen MR) is 164 cm³/mol. The summed E-state index contributed by atoms with van der Waals surface area (Å²) in [6, 6.07) is 14.1. The highest BCUT2D eigenvalue weighted by atomic mass is 16.2. The Balaban J connectivity index is 1.28. The smallest absolute Gasteiger partial charge is 0.253 e. The molecular weight excluding hydrogens is 498 g/mol. The lowest BCUT2D eigenvalue weighted by molar-refractivity contribution is -0.124. The molecule has 7 heteroatoms. The zero-order chi connectivity index (χ0) is 28.5. The number of unbranched alkanes of at least 4 members (excludes halogenated alkanes) is 3. The van der Waals surface area contributed by atoms with E-state index in [0.29, 0.717) is 24.6 Å². The molecule has 0 atom stereocenters. The molecule has 2 heterocycles. The average molecular weight is 544 g/mol. The fourth-order valence-corrected chi connectivity index (χ4v) is 5.72. The normalized spacial score (nSPS) is 16.9. The highest BCUT2D eigenvalue weighted by Crippen LogP contribution is 2.30. The van der Waals surface area contributed by atoms with Crippen LogP contribution in [0.2, 0.25) is 0 Å². The Labute approximate surface area is 239 Å². The summed E-state index contributed by atoms with van der Waals surface area (Å²) in [4.78, 5) is 30.5. The lowest BCUT2D eigenvalue weighted by Gasteiger charge is -2.38. The van der Waals surface area contributed by atoms with Crippen molar-refractivity contribution in [1.29, 1.82) is 5.41 Å². The van der Waals surface area contributed by atoms with Crippen molar-refractivity contribution in [2.75, 3.05) is 45.1 Å². The van der Waals surface area contributed by atoms with Crippen LogP contribution >= 0.6 is 0 Å². The van der Waals surface area contributed by atoms with Gasteiger partial charge in [-0.3, -0.25) is 9.59 Å². The van der Waals surface area contributed by atoms with Gasteiger partial charge >= 0.3 is 0 Å². The van der Waals surface area contributed by atoms with Crippen molar-refractivity contribution >= 4 is 29.3 Å². The van der Waals surface area contributed by atoms with Crippen LogP contribution in [0.3, 0.4) is 0 Å². The Hall–Kier alpha value is -3.45. The molecule has 0 aromatic heterocycles. The molecule has 214 valence electrons. The number of carbonyl (C=O) groups is 2. The first-order valence-corrected chi connectivity index (χ1v) is 14.8. The Bertz CT molecular complexity index is 1190. The zero-order valence-electron chi connectivity index (χ0n) is 24.3. The molecule has 2 aliphatic heterocycles. The first kappa shape index (κ1) is 29.5. The van der Waals surface area contributed by atoms with Gasteiger partial charge in [0.15, 0.2) is 0 Å². The standard InChI is InChI=1S/C33H45N5O2/c1-4-5-6-7-16-37-22-30(23-37)32(39)36-31-19-28(9-8-24(31)2)33(40)38-17-14-27(15-18-38)25-10-12-26(13-11-25)29(20-34)21-35-3/h8-13,19-21,27,30,34-35H,4-7,14-18,22-23H2,1-3H3,(H,36,39)/b29-21+,34-20?. The van der Waals surface area contributed by atoms with Crippen molar-refractivity contribution in [2.24, 2.45) is 5.92 Å². The Kier molecular flexibility index (Phi) is 10.5. The summed E-state index contributed by atoms with van der Waals surface area (Å²) in [6.07, 6.45) is 10.00. The molecule has 0 radical (unpaired) electrons. The van der Waals surface area contributed by atoms with Crippen LogP contribution in [0.25, 0.3) is 5.57 Å². The van der Waals surface area contributed by atoms with Gasteiger partial charge in [0.2, 0.25) is 5.91 Å². The van der Waals surface area contributed by atoms with Gasteiger partial charge in [0, 0.05) is 62.5 Å². The number of nitrogens with zero attached hydrogens (tertiary/aromatic N) is 2. The van der Waals surface area contributed by atoms with E-state index in [1.165, 1.54) is 37.5 Å². The molecule has 0 saturated carbocycles. The number of anilines is 1. The van der Waals surface area contributed by atoms with E-state index in [4.69, 9.17) is 5.41 Å². The number of allylic oxidation sites excluding steroid dienone is 1. The Morgan fingerprint density at radius 1 is 1.00 bits per heavy atom. The maximum atomic E-state index is 13.4. The number of hydrogen-bond donors (Lipinski definition) is 3. The van der Waals surface area contributed by atoms with Crippen LogP contribution in [0.5, 0.6) is 0 Å². The SMILES string of the molecule is CCCCCCN1CC(C(=O)Nc2cc(C(=O)N3CCC(c4ccc(/C(C=N)=C/NC)cc4)CC3)ccc2C)C1. The molecule has 0 spiro atoms. The average Bonchev–Trinajstić information content (AvgIpc) is 2.95. The molecule has 0 aliphatic carbocycles. The van der Waals surface area contributed by atoms with Gasteiger partial charge in [-0.1, -0.05) is 56.5 Å². The maximum absolute atomic E-state index is 13.4. The van der Waals surface area contributed by atoms with E-state index in [1.807, 2.05) is 43.3 Å². The quantitative estimate of drug-likeness (QED) is 0.238. The van der Waals surface area contributed by atoms with Gasteiger partial charge in [0.1, 0.15) is 0 Å². The van der Waals surface area contributed by atoms with Gasteiger partial charge in [-0.05, 0) is 67.5 Å². The maximum Gasteiger partial charge on any atom is 0.253 e. The lowest BCUT2D eigenvalue weighted by Crippen LogP contribution is -2.52. The largest absolute Gasteiger partial charge is 0.393 e. The molecule has 4 rings (SSSR count). The van der Waals surface area contributed by atoms with Crippen LogP contribution in [-0.2, 0) is 4.79 Å².